The van der Waals surface area contributed by atoms with Crippen LogP contribution in [-0.4, -0.2) is 43.3 Å². The molecule has 0 unspecified atom stereocenters. The van der Waals surface area contributed by atoms with Gasteiger partial charge in [0, 0.05) is 17.1 Å². The maximum absolute atomic E-state index is 14.0. The third-order valence-electron chi connectivity index (χ3n) is 5.80. The van der Waals surface area contributed by atoms with Gasteiger partial charge in [0.05, 0.1) is 10.6 Å². The summed E-state index contributed by atoms with van der Waals surface area (Å²) >= 11 is 6.05. The van der Waals surface area contributed by atoms with Crippen molar-refractivity contribution < 1.29 is 18.0 Å². The van der Waals surface area contributed by atoms with E-state index in [1.807, 2.05) is 27.7 Å². The summed E-state index contributed by atoms with van der Waals surface area (Å²) in [5.41, 5.74) is 0.608. The molecular formula is C29H34ClN3O4S. The van der Waals surface area contributed by atoms with Crippen molar-refractivity contribution in [1.82, 2.24) is 10.2 Å². The maximum atomic E-state index is 14.0. The van der Waals surface area contributed by atoms with E-state index in [4.69, 9.17) is 11.6 Å². The van der Waals surface area contributed by atoms with Crippen LogP contribution in [0, 0.1) is 0 Å². The second kappa shape index (κ2) is 12.5. The molecule has 0 saturated heterocycles. The molecular weight excluding hydrogens is 522 g/mol. The van der Waals surface area contributed by atoms with Crippen LogP contribution in [0.15, 0.2) is 89.8 Å². The van der Waals surface area contributed by atoms with Crippen molar-refractivity contribution in [1.29, 1.82) is 0 Å². The summed E-state index contributed by atoms with van der Waals surface area (Å²) in [6, 6.07) is 22.6. The van der Waals surface area contributed by atoms with Crippen LogP contribution in [0.4, 0.5) is 5.69 Å². The zero-order chi connectivity index (χ0) is 27.9. The number of hydrogen-bond donors (Lipinski definition) is 1. The van der Waals surface area contributed by atoms with E-state index in [-0.39, 0.29) is 17.3 Å². The van der Waals surface area contributed by atoms with E-state index in [0.29, 0.717) is 17.1 Å². The minimum Gasteiger partial charge on any atom is -0.350 e. The molecule has 3 aromatic carbocycles. The monoisotopic (exact) mass is 555 g/mol. The maximum Gasteiger partial charge on any atom is 0.264 e. The van der Waals surface area contributed by atoms with E-state index in [1.165, 1.54) is 17.0 Å². The van der Waals surface area contributed by atoms with Crippen LogP contribution >= 0.6 is 11.6 Å². The Morgan fingerprint density at radius 3 is 1.97 bits per heavy atom. The topological polar surface area (TPSA) is 86.8 Å². The third-order valence-corrected chi connectivity index (χ3v) is 7.84. The van der Waals surface area contributed by atoms with Gasteiger partial charge in [-0.05, 0) is 69.2 Å². The van der Waals surface area contributed by atoms with Crippen LogP contribution in [0.25, 0.3) is 0 Å². The van der Waals surface area contributed by atoms with Gasteiger partial charge in [0.25, 0.3) is 10.0 Å². The first kappa shape index (κ1) is 29.2. The van der Waals surface area contributed by atoms with Crippen molar-refractivity contribution in [3.8, 4) is 0 Å². The second-order valence-electron chi connectivity index (χ2n) is 9.97. The van der Waals surface area contributed by atoms with Crippen molar-refractivity contribution in [2.75, 3.05) is 10.8 Å². The Balaban J connectivity index is 2.03. The molecule has 0 radical (unpaired) electrons. The zero-order valence-corrected chi connectivity index (χ0v) is 23.7. The van der Waals surface area contributed by atoms with E-state index in [1.54, 1.807) is 72.8 Å². The lowest BCUT2D eigenvalue weighted by Gasteiger charge is -2.34. The molecule has 3 rings (SSSR count). The summed E-state index contributed by atoms with van der Waals surface area (Å²) in [7, 11) is -4.07. The van der Waals surface area contributed by atoms with Crippen molar-refractivity contribution in [2.45, 2.75) is 57.1 Å². The average molecular weight is 556 g/mol. The number of anilines is 1. The van der Waals surface area contributed by atoms with Crippen LogP contribution in [0.3, 0.4) is 0 Å². The summed E-state index contributed by atoms with van der Waals surface area (Å²) in [6.07, 6.45) is 0.345. The second-order valence-corrected chi connectivity index (χ2v) is 12.3. The number of sulfonamides is 1. The van der Waals surface area contributed by atoms with E-state index < -0.39 is 34.1 Å². The summed E-state index contributed by atoms with van der Waals surface area (Å²) in [4.78, 5) is 28.8. The van der Waals surface area contributed by atoms with Crippen LogP contribution in [0.2, 0.25) is 5.02 Å². The lowest BCUT2D eigenvalue weighted by atomic mass is 10.1. The number of carbonyl (C=O) groups is 2. The molecule has 0 saturated carbocycles. The highest BCUT2D eigenvalue weighted by Crippen LogP contribution is 2.25. The van der Waals surface area contributed by atoms with E-state index >= 15 is 0 Å². The van der Waals surface area contributed by atoms with Crippen LogP contribution in [-0.2, 0) is 26.2 Å². The molecule has 0 aliphatic heterocycles. The highest BCUT2D eigenvalue weighted by atomic mass is 35.5. The van der Waals surface area contributed by atoms with Crippen LogP contribution < -0.4 is 9.62 Å². The van der Waals surface area contributed by atoms with Gasteiger partial charge in [0.15, 0.2) is 0 Å². The molecule has 38 heavy (non-hydrogen) atoms. The van der Waals surface area contributed by atoms with Gasteiger partial charge in [-0.15, -0.1) is 0 Å². The molecule has 3 aromatic rings. The predicted octanol–water partition coefficient (Wildman–Crippen LogP) is 5.26. The molecule has 0 bridgehead atoms. The Bertz CT molecular complexity index is 1330. The Kier molecular flexibility index (Phi) is 9.57. The lowest BCUT2D eigenvalue weighted by molar-refractivity contribution is -0.141. The Morgan fingerprint density at radius 2 is 1.45 bits per heavy atom. The average Bonchev–Trinajstić information content (AvgIpc) is 2.88. The quantitative estimate of drug-likeness (QED) is 0.370. The number of benzene rings is 3. The minimum atomic E-state index is -4.07. The Labute approximate surface area is 230 Å². The summed E-state index contributed by atoms with van der Waals surface area (Å²) < 4.78 is 28.5. The Hall–Kier alpha value is -3.36. The molecule has 2 amide bonds. The van der Waals surface area contributed by atoms with Gasteiger partial charge in [-0.1, -0.05) is 67.1 Å². The van der Waals surface area contributed by atoms with Gasteiger partial charge in [-0.3, -0.25) is 13.9 Å². The number of carbonyl (C=O) groups excluding carboxylic acids is 2. The highest BCUT2D eigenvalue weighted by Gasteiger charge is 2.34. The van der Waals surface area contributed by atoms with Gasteiger partial charge in [-0.2, -0.15) is 0 Å². The van der Waals surface area contributed by atoms with Gasteiger partial charge in [0.2, 0.25) is 11.8 Å². The van der Waals surface area contributed by atoms with Crippen molar-refractivity contribution in [3.63, 3.8) is 0 Å². The third kappa shape index (κ3) is 7.58. The van der Waals surface area contributed by atoms with E-state index in [2.05, 4.69) is 5.32 Å². The number of halogens is 1. The van der Waals surface area contributed by atoms with E-state index in [0.717, 1.165) is 9.87 Å². The summed E-state index contributed by atoms with van der Waals surface area (Å²) in [6.45, 7) is 7.06. The molecule has 0 heterocycles. The van der Waals surface area contributed by atoms with Crippen molar-refractivity contribution >= 4 is 39.1 Å². The number of nitrogens with one attached hydrogen (secondary N) is 1. The first-order valence-electron chi connectivity index (χ1n) is 12.4. The van der Waals surface area contributed by atoms with Crippen molar-refractivity contribution in [2.24, 2.45) is 0 Å². The molecule has 0 aliphatic rings. The highest BCUT2D eigenvalue weighted by molar-refractivity contribution is 7.92. The SMILES string of the molecule is CC[C@H](C(=O)NC(C)(C)C)N(Cc1ccc(Cl)cc1)C(=O)CN(c1ccccc1)S(=O)(=O)c1ccccc1. The summed E-state index contributed by atoms with van der Waals surface area (Å²) in [5, 5.41) is 3.51. The number of para-hydroxylation sites is 1. The van der Waals surface area contributed by atoms with Crippen molar-refractivity contribution in [3.05, 3.63) is 95.5 Å². The van der Waals surface area contributed by atoms with Gasteiger partial charge in [0.1, 0.15) is 12.6 Å². The van der Waals surface area contributed by atoms with E-state index in [9.17, 15) is 18.0 Å². The normalized spacial score (nSPS) is 12.4. The molecule has 0 aromatic heterocycles. The fourth-order valence-corrected chi connectivity index (χ4v) is 5.56. The van der Waals surface area contributed by atoms with Crippen LogP contribution in [0.5, 0.6) is 0 Å². The molecule has 202 valence electrons. The first-order valence-corrected chi connectivity index (χ1v) is 14.2. The minimum absolute atomic E-state index is 0.0680. The first-order chi connectivity index (χ1) is 17.9. The van der Waals surface area contributed by atoms with Gasteiger partial charge in [-0.25, -0.2) is 8.42 Å². The molecule has 0 fully saturated rings. The van der Waals surface area contributed by atoms with Gasteiger partial charge < -0.3 is 10.2 Å². The fraction of sp³-hybridized carbons (Fsp3) is 0.310. The molecule has 0 spiro atoms. The number of hydrogen-bond acceptors (Lipinski definition) is 4. The molecule has 7 nitrogen and oxygen atoms in total. The number of rotatable bonds is 10. The fourth-order valence-electron chi connectivity index (χ4n) is 4.00. The van der Waals surface area contributed by atoms with Crippen LogP contribution in [0.1, 0.15) is 39.7 Å². The zero-order valence-electron chi connectivity index (χ0n) is 22.1. The predicted molar refractivity (Wildman–Crippen MR) is 151 cm³/mol. The molecule has 1 N–H and O–H groups in total. The number of nitrogens with zero attached hydrogens (tertiary/aromatic N) is 2. The standard InChI is InChI=1S/C29H34ClN3O4S/c1-5-26(28(35)31-29(2,3)4)32(20-22-16-18-23(30)19-17-22)27(34)21-33(24-12-8-6-9-13-24)38(36,37)25-14-10-7-11-15-25/h6-19,26H,5,20-21H2,1-4H3,(H,31,35)/t26-/m1/s1. The van der Waals surface area contributed by atoms with Gasteiger partial charge >= 0.3 is 0 Å². The Morgan fingerprint density at radius 1 is 0.895 bits per heavy atom. The molecule has 0 aliphatic carbocycles. The summed E-state index contributed by atoms with van der Waals surface area (Å²) in [5.74, 6) is -0.807. The molecule has 1 atom stereocenters. The lowest BCUT2D eigenvalue weighted by Crippen LogP contribution is -2.55. The molecule has 9 heteroatoms. The smallest absolute Gasteiger partial charge is 0.264 e. The number of amides is 2. The largest absolute Gasteiger partial charge is 0.350 e.